The van der Waals surface area contributed by atoms with E-state index in [0.29, 0.717) is 0 Å². The van der Waals surface area contributed by atoms with Crippen molar-refractivity contribution in [2.24, 2.45) is 17.4 Å². The molecule has 0 aromatic heterocycles. The van der Waals surface area contributed by atoms with Crippen LogP contribution in [0.15, 0.2) is 0 Å². The van der Waals surface area contributed by atoms with Gasteiger partial charge in [-0.1, -0.05) is 20.3 Å². The Hall–Kier alpha value is -1.67. The lowest BCUT2D eigenvalue weighted by atomic mass is 10.0. The zero-order valence-corrected chi connectivity index (χ0v) is 11.1. The van der Waals surface area contributed by atoms with Crippen molar-refractivity contribution in [1.29, 1.82) is 0 Å². The zero-order chi connectivity index (χ0) is 15.6. The number of carbonyl (C=O) groups is 3. The van der Waals surface area contributed by atoms with E-state index in [2.05, 4.69) is 0 Å². The number of carboxylic acids is 3. The topological polar surface area (TPSA) is 164 Å². The number of carboxylic acid groups (broad SMARTS) is 3. The van der Waals surface area contributed by atoms with Crippen LogP contribution in [-0.2, 0) is 14.4 Å². The molecule has 19 heavy (non-hydrogen) atoms. The lowest BCUT2D eigenvalue weighted by Gasteiger charge is -2.11. The second-order valence-electron chi connectivity index (χ2n) is 4.13. The maximum absolute atomic E-state index is 10.2. The molecule has 0 aromatic carbocycles. The van der Waals surface area contributed by atoms with Crippen LogP contribution in [0.5, 0.6) is 0 Å². The monoisotopic (exact) mass is 278 g/mol. The summed E-state index contributed by atoms with van der Waals surface area (Å²) in [6.45, 7) is 3.76. The van der Waals surface area contributed by atoms with Crippen molar-refractivity contribution in [1.82, 2.24) is 0 Å². The fraction of sp³-hybridized carbons (Fsp3) is 0.727. The second-order valence-corrected chi connectivity index (χ2v) is 4.13. The van der Waals surface area contributed by atoms with E-state index in [9.17, 15) is 14.4 Å². The van der Waals surface area contributed by atoms with Gasteiger partial charge in [0, 0.05) is 6.42 Å². The largest absolute Gasteiger partial charge is 0.481 e. The Labute approximate surface area is 111 Å². The van der Waals surface area contributed by atoms with Gasteiger partial charge in [0.25, 0.3) is 0 Å². The summed E-state index contributed by atoms with van der Waals surface area (Å²) in [5, 5.41) is 24.6. The van der Waals surface area contributed by atoms with Crippen molar-refractivity contribution >= 4 is 17.9 Å². The van der Waals surface area contributed by atoms with Crippen LogP contribution < -0.4 is 11.5 Å². The average Bonchev–Trinajstić information content (AvgIpc) is 2.34. The van der Waals surface area contributed by atoms with E-state index in [1.165, 1.54) is 0 Å². The van der Waals surface area contributed by atoms with Crippen molar-refractivity contribution in [2.45, 2.75) is 45.2 Å². The molecular formula is C11H22N2O6. The fourth-order valence-electron chi connectivity index (χ4n) is 0.900. The Kier molecular flexibility index (Phi) is 10.6. The highest BCUT2D eigenvalue weighted by Crippen LogP contribution is 2.04. The van der Waals surface area contributed by atoms with E-state index >= 15 is 0 Å². The Bertz CT molecular complexity index is 308. The average molecular weight is 278 g/mol. The predicted molar refractivity (Wildman–Crippen MR) is 67.5 cm³/mol. The third-order valence-electron chi connectivity index (χ3n) is 2.53. The van der Waals surface area contributed by atoms with Crippen LogP contribution >= 0.6 is 0 Å². The smallest absolute Gasteiger partial charge is 0.320 e. The van der Waals surface area contributed by atoms with Gasteiger partial charge in [-0.3, -0.25) is 14.4 Å². The molecule has 0 rings (SSSR count). The van der Waals surface area contributed by atoms with Gasteiger partial charge in [-0.2, -0.15) is 0 Å². The molecule has 0 spiro atoms. The van der Waals surface area contributed by atoms with Gasteiger partial charge in [0.2, 0.25) is 0 Å². The van der Waals surface area contributed by atoms with Gasteiger partial charge in [0.15, 0.2) is 0 Å². The highest BCUT2D eigenvalue weighted by molar-refractivity contribution is 5.74. The van der Waals surface area contributed by atoms with E-state index < -0.39 is 30.0 Å². The number of hydrogen-bond acceptors (Lipinski definition) is 5. The molecule has 3 atom stereocenters. The number of aliphatic carboxylic acids is 3. The van der Waals surface area contributed by atoms with Crippen molar-refractivity contribution < 1.29 is 29.7 Å². The van der Waals surface area contributed by atoms with Gasteiger partial charge in [-0.05, 0) is 12.3 Å². The van der Waals surface area contributed by atoms with E-state index in [-0.39, 0.29) is 18.8 Å². The number of hydrogen-bond donors (Lipinski definition) is 5. The first-order chi connectivity index (χ1) is 8.63. The molecule has 3 unspecified atom stereocenters. The zero-order valence-electron chi connectivity index (χ0n) is 11.1. The lowest BCUT2D eigenvalue weighted by Crippen LogP contribution is -2.36. The third-order valence-corrected chi connectivity index (χ3v) is 2.53. The van der Waals surface area contributed by atoms with Crippen molar-refractivity contribution in [2.75, 3.05) is 0 Å². The first-order valence-electron chi connectivity index (χ1n) is 5.82. The Morgan fingerprint density at radius 2 is 1.53 bits per heavy atom. The maximum atomic E-state index is 10.2. The maximum Gasteiger partial charge on any atom is 0.320 e. The van der Waals surface area contributed by atoms with Gasteiger partial charge in [-0.15, -0.1) is 0 Å². The molecule has 112 valence electrons. The summed E-state index contributed by atoms with van der Waals surface area (Å²) in [5.41, 5.74) is 10.3. The Balaban J connectivity index is 0. The third kappa shape index (κ3) is 11.2. The minimum absolute atomic E-state index is 0.0231. The molecule has 0 radical (unpaired) electrons. The molecule has 0 aliphatic carbocycles. The predicted octanol–water partition coefficient (Wildman–Crippen LogP) is -0.292. The molecule has 0 heterocycles. The summed E-state index contributed by atoms with van der Waals surface area (Å²) < 4.78 is 0. The summed E-state index contributed by atoms with van der Waals surface area (Å²) in [6.07, 6.45) is 0.589. The van der Waals surface area contributed by atoms with Gasteiger partial charge in [-0.25, -0.2) is 0 Å². The van der Waals surface area contributed by atoms with Crippen LogP contribution in [0.2, 0.25) is 0 Å². The van der Waals surface area contributed by atoms with Gasteiger partial charge < -0.3 is 26.8 Å². The molecule has 0 fully saturated rings. The van der Waals surface area contributed by atoms with Crippen LogP contribution in [0.25, 0.3) is 0 Å². The van der Waals surface area contributed by atoms with E-state index in [1.807, 2.05) is 13.8 Å². The number of rotatable bonds is 7. The van der Waals surface area contributed by atoms with Gasteiger partial charge in [0.1, 0.15) is 12.1 Å². The standard InChI is InChI=1S/C6H13NO2.C5H9NO4/c1-3-4(2)5(7)6(8)9;6-3(5(9)10)1-2-4(7)8/h4-5H,3,7H2,1-2H3,(H,8,9);3H,1-2,6H2,(H,7,8)(H,9,10). The first kappa shape index (κ1) is 19.7. The summed E-state index contributed by atoms with van der Waals surface area (Å²) in [6, 6.07) is -1.76. The van der Waals surface area contributed by atoms with Crippen LogP contribution in [0.1, 0.15) is 33.1 Å². The van der Waals surface area contributed by atoms with Crippen LogP contribution in [-0.4, -0.2) is 45.3 Å². The van der Waals surface area contributed by atoms with Crippen molar-refractivity contribution in [3.8, 4) is 0 Å². The fourth-order valence-corrected chi connectivity index (χ4v) is 0.900. The van der Waals surface area contributed by atoms with E-state index in [1.54, 1.807) is 0 Å². The van der Waals surface area contributed by atoms with Crippen LogP contribution in [0, 0.1) is 5.92 Å². The molecule has 0 aliphatic heterocycles. The van der Waals surface area contributed by atoms with Crippen LogP contribution in [0.4, 0.5) is 0 Å². The molecule has 7 N–H and O–H groups in total. The first-order valence-corrected chi connectivity index (χ1v) is 5.82. The molecule has 0 aromatic rings. The molecule has 0 saturated heterocycles. The van der Waals surface area contributed by atoms with Crippen LogP contribution in [0.3, 0.4) is 0 Å². The molecule has 0 saturated carbocycles. The Morgan fingerprint density at radius 1 is 1.05 bits per heavy atom. The van der Waals surface area contributed by atoms with E-state index in [0.717, 1.165) is 6.42 Å². The molecule has 0 amide bonds. The lowest BCUT2D eigenvalue weighted by molar-refractivity contribution is -0.141. The molecule has 8 nitrogen and oxygen atoms in total. The quantitative estimate of drug-likeness (QED) is 0.423. The summed E-state index contributed by atoms with van der Waals surface area (Å²) >= 11 is 0. The van der Waals surface area contributed by atoms with E-state index in [4.69, 9.17) is 26.8 Å². The normalized spacial score (nSPS) is 14.5. The SMILES string of the molecule is CCC(C)C(N)C(=O)O.NC(CCC(=O)O)C(=O)O. The number of nitrogens with two attached hydrogens (primary N) is 2. The molecular weight excluding hydrogens is 256 g/mol. The minimum Gasteiger partial charge on any atom is -0.481 e. The molecule has 0 bridgehead atoms. The van der Waals surface area contributed by atoms with Gasteiger partial charge >= 0.3 is 17.9 Å². The molecule has 8 heteroatoms. The summed E-state index contributed by atoms with van der Waals surface area (Å²) in [4.78, 5) is 30.0. The summed E-state index contributed by atoms with van der Waals surface area (Å²) in [7, 11) is 0. The van der Waals surface area contributed by atoms with Crippen molar-refractivity contribution in [3.05, 3.63) is 0 Å². The van der Waals surface area contributed by atoms with Crippen molar-refractivity contribution in [3.63, 3.8) is 0 Å². The minimum atomic E-state index is -1.17. The highest BCUT2D eigenvalue weighted by atomic mass is 16.4. The summed E-state index contributed by atoms with van der Waals surface area (Å²) in [5.74, 6) is -3.04. The Morgan fingerprint density at radius 3 is 1.74 bits per heavy atom. The molecule has 0 aliphatic rings. The van der Waals surface area contributed by atoms with Gasteiger partial charge in [0.05, 0.1) is 0 Å². The second kappa shape index (κ2) is 10.3. The highest BCUT2D eigenvalue weighted by Gasteiger charge is 2.17.